The third-order valence-corrected chi connectivity index (χ3v) is 4.83. The molecule has 1 atom stereocenters. The van der Waals surface area contributed by atoms with Crippen LogP contribution in [0.5, 0.6) is 0 Å². The van der Waals surface area contributed by atoms with Crippen LogP contribution < -0.4 is 5.32 Å². The molecule has 128 valence electrons. The summed E-state index contributed by atoms with van der Waals surface area (Å²) in [5.74, 6) is -0.133. The van der Waals surface area contributed by atoms with Gasteiger partial charge in [-0.2, -0.15) is 4.68 Å². The van der Waals surface area contributed by atoms with E-state index in [0.29, 0.717) is 15.9 Å². The van der Waals surface area contributed by atoms with Gasteiger partial charge in [0, 0.05) is 10.7 Å². The van der Waals surface area contributed by atoms with E-state index in [2.05, 4.69) is 20.8 Å². The molecule has 0 aliphatic rings. The number of hydrogen-bond acceptors (Lipinski definition) is 5. The Morgan fingerprint density at radius 2 is 1.92 bits per heavy atom. The number of nitrogens with one attached hydrogen (secondary N) is 1. The first-order valence-electron chi connectivity index (χ1n) is 7.62. The van der Waals surface area contributed by atoms with Gasteiger partial charge in [-0.25, -0.2) is 0 Å². The van der Waals surface area contributed by atoms with E-state index < -0.39 is 0 Å². The zero-order valence-corrected chi connectivity index (χ0v) is 15.3. The lowest BCUT2D eigenvalue weighted by atomic mass is 10.2. The molecule has 0 bridgehead atoms. The second-order valence-corrected chi connectivity index (χ2v) is 7.16. The van der Waals surface area contributed by atoms with Crippen LogP contribution in [0.3, 0.4) is 0 Å². The summed E-state index contributed by atoms with van der Waals surface area (Å²) in [7, 11) is 0. The summed E-state index contributed by atoms with van der Waals surface area (Å²) >= 11 is 7.15. The minimum atomic E-state index is -0.371. The first-order valence-corrected chi connectivity index (χ1v) is 8.88. The second kappa shape index (κ2) is 7.67. The summed E-state index contributed by atoms with van der Waals surface area (Å²) in [4.78, 5) is 12.4. The predicted octanol–water partition coefficient (Wildman–Crippen LogP) is 3.74. The molecular formula is C17H16ClN5OS. The van der Waals surface area contributed by atoms with E-state index >= 15 is 0 Å². The number of para-hydroxylation sites is 1. The molecule has 6 nitrogen and oxygen atoms in total. The molecule has 0 unspecified atom stereocenters. The van der Waals surface area contributed by atoms with E-state index in [1.165, 1.54) is 11.8 Å². The number of benzene rings is 2. The van der Waals surface area contributed by atoms with Crippen molar-refractivity contribution in [2.75, 3.05) is 5.32 Å². The lowest BCUT2D eigenvalue weighted by Crippen LogP contribution is -2.22. The molecule has 3 aromatic rings. The van der Waals surface area contributed by atoms with Crippen molar-refractivity contribution >= 4 is 35.0 Å². The van der Waals surface area contributed by atoms with E-state index in [-0.39, 0.29) is 11.2 Å². The molecule has 1 aromatic heterocycles. The highest BCUT2D eigenvalue weighted by molar-refractivity contribution is 8.00. The van der Waals surface area contributed by atoms with Crippen LogP contribution in [-0.4, -0.2) is 31.4 Å². The third-order valence-electron chi connectivity index (χ3n) is 3.55. The van der Waals surface area contributed by atoms with Gasteiger partial charge in [0.1, 0.15) is 0 Å². The maximum atomic E-state index is 12.4. The minimum absolute atomic E-state index is 0.133. The summed E-state index contributed by atoms with van der Waals surface area (Å²) < 4.78 is 1.64. The number of hydrogen-bond donors (Lipinski definition) is 1. The average molecular weight is 374 g/mol. The summed E-state index contributed by atoms with van der Waals surface area (Å²) in [5.41, 5.74) is 2.63. The molecule has 25 heavy (non-hydrogen) atoms. The molecule has 0 radical (unpaired) electrons. The van der Waals surface area contributed by atoms with Crippen molar-refractivity contribution in [3.8, 4) is 5.69 Å². The molecule has 3 rings (SSSR count). The molecule has 0 saturated carbocycles. The first kappa shape index (κ1) is 17.4. The number of aromatic nitrogens is 4. The van der Waals surface area contributed by atoms with Gasteiger partial charge >= 0.3 is 0 Å². The Labute approximate surface area is 154 Å². The van der Waals surface area contributed by atoms with Gasteiger partial charge in [0.15, 0.2) is 0 Å². The molecule has 1 heterocycles. The van der Waals surface area contributed by atoms with Crippen LogP contribution in [0, 0.1) is 6.92 Å². The molecule has 1 amide bonds. The molecule has 0 spiro atoms. The van der Waals surface area contributed by atoms with Crippen LogP contribution in [0.1, 0.15) is 12.5 Å². The van der Waals surface area contributed by atoms with Gasteiger partial charge in [0.2, 0.25) is 11.1 Å². The Morgan fingerprint density at radius 1 is 1.20 bits per heavy atom. The van der Waals surface area contributed by atoms with Crippen molar-refractivity contribution in [3.63, 3.8) is 0 Å². The highest BCUT2D eigenvalue weighted by Gasteiger charge is 2.19. The van der Waals surface area contributed by atoms with Crippen LogP contribution in [0.15, 0.2) is 53.7 Å². The van der Waals surface area contributed by atoms with E-state index in [4.69, 9.17) is 11.6 Å². The lowest BCUT2D eigenvalue weighted by molar-refractivity contribution is -0.115. The molecule has 8 heteroatoms. The Kier molecular flexibility index (Phi) is 5.35. The number of carbonyl (C=O) groups is 1. The number of rotatable bonds is 5. The van der Waals surface area contributed by atoms with Crippen molar-refractivity contribution < 1.29 is 4.79 Å². The van der Waals surface area contributed by atoms with Gasteiger partial charge in [-0.3, -0.25) is 4.79 Å². The normalized spacial score (nSPS) is 12.0. The van der Waals surface area contributed by atoms with E-state index in [1.54, 1.807) is 28.9 Å². The number of tetrazole rings is 1. The van der Waals surface area contributed by atoms with Gasteiger partial charge in [-0.1, -0.05) is 41.6 Å². The predicted molar refractivity (Wildman–Crippen MR) is 99.3 cm³/mol. The van der Waals surface area contributed by atoms with Crippen LogP contribution in [0.25, 0.3) is 5.69 Å². The standard InChI is InChI=1S/C17H16ClN5OS/c1-11-5-3-4-6-15(11)23-17(20-21-22-23)25-12(2)16(24)19-14-9-7-13(18)8-10-14/h3-10,12H,1-2H3,(H,19,24)/t12-/m0/s1. The maximum absolute atomic E-state index is 12.4. The van der Waals surface area contributed by atoms with Gasteiger partial charge in [0.05, 0.1) is 10.9 Å². The Balaban J connectivity index is 1.72. The zero-order chi connectivity index (χ0) is 17.8. The van der Waals surface area contributed by atoms with Crippen LogP contribution in [0.2, 0.25) is 5.02 Å². The van der Waals surface area contributed by atoms with Crippen molar-refractivity contribution in [2.24, 2.45) is 0 Å². The first-order chi connectivity index (χ1) is 12.0. The number of carbonyl (C=O) groups excluding carboxylic acids is 1. The zero-order valence-electron chi connectivity index (χ0n) is 13.7. The van der Waals surface area contributed by atoms with Gasteiger partial charge in [0.25, 0.3) is 0 Å². The molecule has 0 fully saturated rings. The maximum Gasteiger partial charge on any atom is 0.237 e. The monoisotopic (exact) mass is 373 g/mol. The molecule has 0 aliphatic heterocycles. The molecular weight excluding hydrogens is 358 g/mol. The van der Waals surface area contributed by atoms with Crippen molar-refractivity contribution in [1.29, 1.82) is 0 Å². The largest absolute Gasteiger partial charge is 0.325 e. The minimum Gasteiger partial charge on any atom is -0.325 e. The fourth-order valence-electron chi connectivity index (χ4n) is 2.19. The number of halogens is 1. The van der Waals surface area contributed by atoms with Gasteiger partial charge in [-0.05, 0) is 60.2 Å². The van der Waals surface area contributed by atoms with E-state index in [1.807, 2.05) is 38.1 Å². The topological polar surface area (TPSA) is 72.7 Å². The van der Waals surface area contributed by atoms with Crippen LogP contribution in [0.4, 0.5) is 5.69 Å². The Morgan fingerprint density at radius 3 is 2.64 bits per heavy atom. The van der Waals surface area contributed by atoms with Crippen LogP contribution >= 0.6 is 23.4 Å². The van der Waals surface area contributed by atoms with Gasteiger partial charge in [-0.15, -0.1) is 5.10 Å². The van der Waals surface area contributed by atoms with E-state index in [9.17, 15) is 4.79 Å². The summed E-state index contributed by atoms with van der Waals surface area (Å²) in [6, 6.07) is 14.8. The fraction of sp³-hybridized carbons (Fsp3) is 0.176. The van der Waals surface area contributed by atoms with Crippen molar-refractivity contribution in [3.05, 3.63) is 59.1 Å². The number of nitrogens with zero attached hydrogens (tertiary/aromatic N) is 4. The number of aryl methyl sites for hydroxylation is 1. The Bertz CT molecular complexity index is 881. The van der Waals surface area contributed by atoms with Crippen molar-refractivity contribution in [1.82, 2.24) is 20.2 Å². The summed E-state index contributed by atoms with van der Waals surface area (Å²) in [6.45, 7) is 3.80. The van der Waals surface area contributed by atoms with Crippen LogP contribution in [-0.2, 0) is 4.79 Å². The smallest absolute Gasteiger partial charge is 0.237 e. The number of anilines is 1. The molecule has 0 aliphatic carbocycles. The average Bonchev–Trinajstić information content (AvgIpc) is 3.05. The molecule has 0 saturated heterocycles. The molecule has 1 N–H and O–H groups in total. The number of amides is 1. The quantitative estimate of drug-likeness (QED) is 0.689. The highest BCUT2D eigenvalue weighted by Crippen LogP contribution is 2.25. The SMILES string of the molecule is Cc1ccccc1-n1nnnc1S[C@@H](C)C(=O)Nc1ccc(Cl)cc1. The fourth-order valence-corrected chi connectivity index (χ4v) is 3.12. The summed E-state index contributed by atoms with van der Waals surface area (Å²) in [5, 5.41) is 15.5. The van der Waals surface area contributed by atoms with Crippen molar-refractivity contribution in [2.45, 2.75) is 24.3 Å². The van der Waals surface area contributed by atoms with E-state index in [0.717, 1.165) is 11.3 Å². The molecule has 2 aromatic carbocycles. The third kappa shape index (κ3) is 4.18. The second-order valence-electron chi connectivity index (χ2n) is 5.42. The Hall–Kier alpha value is -2.38. The summed E-state index contributed by atoms with van der Waals surface area (Å²) in [6.07, 6.45) is 0. The lowest BCUT2D eigenvalue weighted by Gasteiger charge is -2.12. The number of thioether (sulfide) groups is 1. The highest BCUT2D eigenvalue weighted by atomic mass is 35.5. The van der Waals surface area contributed by atoms with Gasteiger partial charge < -0.3 is 5.32 Å².